The summed E-state index contributed by atoms with van der Waals surface area (Å²) in [5.41, 5.74) is 1.74. The second kappa shape index (κ2) is 8.89. The minimum atomic E-state index is -3.80. The largest absolute Gasteiger partial charge is 0.348 e. The molecule has 3 aromatic carbocycles. The number of carbonyl (C=O) groups excluding carboxylic acids is 1. The summed E-state index contributed by atoms with van der Waals surface area (Å²) >= 11 is 0. The number of sulfonamides is 1. The van der Waals surface area contributed by atoms with Gasteiger partial charge in [-0.05, 0) is 47.5 Å². The Morgan fingerprint density at radius 3 is 2.47 bits per heavy atom. The van der Waals surface area contributed by atoms with Crippen LogP contribution in [-0.2, 0) is 14.8 Å². The molecule has 0 aliphatic heterocycles. The molecule has 0 aliphatic carbocycles. The minimum Gasteiger partial charge on any atom is -0.348 e. The lowest BCUT2D eigenvalue weighted by Gasteiger charge is -2.20. The highest BCUT2D eigenvalue weighted by molar-refractivity contribution is 7.89. The molecule has 1 unspecified atom stereocenters. The second-order valence-electron chi connectivity index (χ2n) is 7.49. The van der Waals surface area contributed by atoms with E-state index in [-0.39, 0.29) is 23.4 Å². The van der Waals surface area contributed by atoms with Gasteiger partial charge in [-0.2, -0.15) is 9.40 Å². The number of fused-ring (bicyclic) bond motifs is 1. The zero-order valence-corrected chi connectivity index (χ0v) is 18.5. The van der Waals surface area contributed by atoms with Gasteiger partial charge in [0.1, 0.15) is 12.7 Å². The van der Waals surface area contributed by atoms with Crippen LogP contribution in [0.1, 0.15) is 18.5 Å². The van der Waals surface area contributed by atoms with Crippen molar-refractivity contribution in [2.45, 2.75) is 17.9 Å². The molecule has 8 nitrogen and oxygen atoms in total. The molecule has 1 aromatic heterocycles. The van der Waals surface area contributed by atoms with E-state index in [0.717, 1.165) is 26.3 Å². The third kappa shape index (κ3) is 4.53. The number of rotatable bonds is 7. The number of likely N-dealkylation sites (N-methyl/N-ethyl adjacent to an activating group) is 1. The van der Waals surface area contributed by atoms with E-state index in [4.69, 9.17) is 0 Å². The van der Waals surface area contributed by atoms with Crippen LogP contribution >= 0.6 is 0 Å². The number of nitrogens with one attached hydrogen (secondary N) is 1. The monoisotopic (exact) mass is 449 g/mol. The number of carbonyl (C=O) groups is 1. The summed E-state index contributed by atoms with van der Waals surface area (Å²) in [6, 6.07) is 19.7. The molecule has 1 heterocycles. The standard InChI is InChI=1S/C23H23N5O3S/c1-17(18-7-10-21(11-8-18)28-16-24-15-25-28)26-23(29)14-27(2)32(30,31)22-12-9-19-5-3-4-6-20(19)13-22/h3-13,15-17H,14H2,1-2H3,(H,26,29). The molecule has 0 saturated carbocycles. The molecule has 1 N–H and O–H groups in total. The Balaban J connectivity index is 1.41. The Bertz CT molecular complexity index is 1340. The van der Waals surface area contributed by atoms with E-state index in [1.807, 2.05) is 55.5 Å². The van der Waals surface area contributed by atoms with Gasteiger partial charge in [-0.3, -0.25) is 4.79 Å². The molecule has 1 amide bonds. The predicted octanol–water partition coefficient (Wildman–Crippen LogP) is 2.92. The molecule has 164 valence electrons. The Kier molecular flexibility index (Phi) is 6.02. The smallest absolute Gasteiger partial charge is 0.243 e. The molecular formula is C23H23N5O3S. The third-order valence-corrected chi connectivity index (χ3v) is 7.05. The van der Waals surface area contributed by atoms with Gasteiger partial charge in [-0.15, -0.1) is 0 Å². The highest BCUT2D eigenvalue weighted by atomic mass is 32.2. The molecule has 32 heavy (non-hydrogen) atoms. The lowest BCUT2D eigenvalue weighted by Crippen LogP contribution is -2.39. The predicted molar refractivity (Wildman–Crippen MR) is 122 cm³/mol. The first-order valence-corrected chi connectivity index (χ1v) is 11.5. The van der Waals surface area contributed by atoms with Gasteiger partial charge < -0.3 is 5.32 Å². The van der Waals surface area contributed by atoms with Crippen molar-refractivity contribution in [1.29, 1.82) is 0 Å². The van der Waals surface area contributed by atoms with E-state index >= 15 is 0 Å². The van der Waals surface area contributed by atoms with E-state index in [2.05, 4.69) is 15.4 Å². The maximum atomic E-state index is 12.9. The summed E-state index contributed by atoms with van der Waals surface area (Å²) in [7, 11) is -2.40. The van der Waals surface area contributed by atoms with Gasteiger partial charge in [0.05, 0.1) is 23.2 Å². The Morgan fingerprint density at radius 1 is 1.06 bits per heavy atom. The van der Waals surface area contributed by atoms with E-state index < -0.39 is 10.0 Å². The zero-order valence-electron chi connectivity index (χ0n) is 17.7. The summed E-state index contributed by atoms with van der Waals surface area (Å²) in [6.07, 6.45) is 3.06. The van der Waals surface area contributed by atoms with Crippen molar-refractivity contribution in [2.24, 2.45) is 0 Å². The van der Waals surface area contributed by atoms with E-state index in [9.17, 15) is 13.2 Å². The van der Waals surface area contributed by atoms with E-state index in [0.29, 0.717) is 0 Å². The maximum Gasteiger partial charge on any atom is 0.243 e. The van der Waals surface area contributed by atoms with Crippen LogP contribution in [0.4, 0.5) is 0 Å². The van der Waals surface area contributed by atoms with Gasteiger partial charge in [-0.1, -0.05) is 42.5 Å². The molecule has 0 aliphatic rings. The van der Waals surface area contributed by atoms with Crippen molar-refractivity contribution in [1.82, 2.24) is 24.4 Å². The van der Waals surface area contributed by atoms with Crippen LogP contribution in [0.2, 0.25) is 0 Å². The summed E-state index contributed by atoms with van der Waals surface area (Å²) in [4.78, 5) is 16.6. The fourth-order valence-corrected chi connectivity index (χ4v) is 4.59. The molecule has 9 heteroatoms. The fraction of sp³-hybridized carbons (Fsp3) is 0.174. The molecule has 4 rings (SSSR count). The Labute approximate surface area is 186 Å². The summed E-state index contributed by atoms with van der Waals surface area (Å²) < 4.78 is 28.6. The first-order chi connectivity index (χ1) is 15.3. The molecule has 0 bridgehead atoms. The second-order valence-corrected chi connectivity index (χ2v) is 9.54. The van der Waals surface area contributed by atoms with Gasteiger partial charge in [-0.25, -0.2) is 18.1 Å². The van der Waals surface area contributed by atoms with Crippen LogP contribution in [0.5, 0.6) is 0 Å². The fourth-order valence-electron chi connectivity index (χ4n) is 3.42. The number of aromatic nitrogens is 3. The Morgan fingerprint density at radius 2 is 1.78 bits per heavy atom. The zero-order chi connectivity index (χ0) is 22.7. The molecule has 0 saturated heterocycles. The van der Waals surface area contributed by atoms with Gasteiger partial charge in [0.25, 0.3) is 0 Å². The number of hydrogen-bond donors (Lipinski definition) is 1. The van der Waals surface area contributed by atoms with Crippen LogP contribution in [-0.4, -0.2) is 47.0 Å². The van der Waals surface area contributed by atoms with Gasteiger partial charge >= 0.3 is 0 Å². The number of amides is 1. The van der Waals surface area contributed by atoms with Crippen LogP contribution in [0.3, 0.4) is 0 Å². The summed E-state index contributed by atoms with van der Waals surface area (Å²) in [6.45, 7) is 1.57. The van der Waals surface area contributed by atoms with Crippen LogP contribution in [0, 0.1) is 0 Å². The lowest BCUT2D eigenvalue weighted by atomic mass is 10.1. The van der Waals surface area contributed by atoms with Crippen LogP contribution in [0.25, 0.3) is 16.5 Å². The normalized spacial score (nSPS) is 12.7. The summed E-state index contributed by atoms with van der Waals surface area (Å²) in [5.74, 6) is -0.385. The molecule has 0 radical (unpaired) electrons. The molecule has 0 fully saturated rings. The average molecular weight is 450 g/mol. The SMILES string of the molecule is CC(NC(=O)CN(C)S(=O)(=O)c1ccc2ccccc2c1)c1ccc(-n2cncn2)cc1. The van der Waals surface area contributed by atoms with Crippen molar-refractivity contribution in [3.05, 3.63) is 84.9 Å². The highest BCUT2D eigenvalue weighted by Gasteiger charge is 2.24. The van der Waals surface area contributed by atoms with Gasteiger partial charge in [0, 0.05) is 7.05 Å². The van der Waals surface area contributed by atoms with Crippen molar-refractivity contribution in [3.8, 4) is 5.69 Å². The Hall–Kier alpha value is -3.56. The van der Waals surface area contributed by atoms with Crippen molar-refractivity contribution in [3.63, 3.8) is 0 Å². The third-order valence-electron chi connectivity index (χ3n) is 5.25. The first kappa shape index (κ1) is 21.7. The van der Waals surface area contributed by atoms with E-state index in [1.54, 1.807) is 29.2 Å². The van der Waals surface area contributed by atoms with E-state index in [1.165, 1.54) is 13.4 Å². The topological polar surface area (TPSA) is 97.2 Å². The molecule has 1 atom stereocenters. The van der Waals surface area contributed by atoms with Crippen molar-refractivity contribution in [2.75, 3.05) is 13.6 Å². The highest BCUT2D eigenvalue weighted by Crippen LogP contribution is 2.21. The quantitative estimate of drug-likeness (QED) is 0.468. The molecular weight excluding hydrogens is 426 g/mol. The summed E-state index contributed by atoms with van der Waals surface area (Å²) in [5, 5.41) is 8.72. The number of hydrogen-bond acceptors (Lipinski definition) is 5. The van der Waals surface area contributed by atoms with Gasteiger partial charge in [0.2, 0.25) is 15.9 Å². The molecule has 0 spiro atoms. The molecule has 4 aromatic rings. The van der Waals surface area contributed by atoms with Crippen molar-refractivity contribution < 1.29 is 13.2 Å². The lowest BCUT2D eigenvalue weighted by molar-refractivity contribution is -0.121. The number of nitrogens with zero attached hydrogens (tertiary/aromatic N) is 4. The first-order valence-electron chi connectivity index (χ1n) is 10.0. The maximum absolute atomic E-state index is 12.9. The van der Waals surface area contributed by atoms with Gasteiger partial charge in [0.15, 0.2) is 0 Å². The van der Waals surface area contributed by atoms with Crippen LogP contribution < -0.4 is 5.32 Å². The average Bonchev–Trinajstić information content (AvgIpc) is 3.33. The number of benzene rings is 3. The van der Waals surface area contributed by atoms with Crippen LogP contribution in [0.15, 0.2) is 84.3 Å². The van der Waals surface area contributed by atoms with Crippen molar-refractivity contribution >= 4 is 26.7 Å². The minimum absolute atomic E-state index is 0.156.